The summed E-state index contributed by atoms with van der Waals surface area (Å²) >= 11 is 0. The average molecular weight is 219 g/mol. The van der Waals surface area contributed by atoms with Gasteiger partial charge in [0.2, 0.25) is 0 Å². The average Bonchev–Trinajstić information content (AvgIpc) is 1.25. The second-order valence-corrected chi connectivity index (χ2v) is 2.33. The van der Waals surface area contributed by atoms with E-state index in [-0.39, 0.29) is 88.7 Å². The van der Waals surface area contributed by atoms with E-state index in [2.05, 4.69) is 0 Å². The molecule has 0 bridgehead atoms. The van der Waals surface area contributed by atoms with E-state index < -0.39 is 15.6 Å². The van der Waals surface area contributed by atoms with Crippen molar-refractivity contribution in [2.75, 3.05) is 0 Å². The molecule has 0 saturated heterocycles. The van der Waals surface area contributed by atoms with Crippen LogP contribution >= 0.6 is 0 Å². The Labute approximate surface area is 128 Å². The molecule has 0 unspecified atom stereocenters. The third kappa shape index (κ3) is 10.6. The normalized spacial score (nSPS) is 10.2. The summed E-state index contributed by atoms with van der Waals surface area (Å²) in [5, 5.41) is 0. The van der Waals surface area contributed by atoms with Crippen LogP contribution in [0.4, 0.5) is 13.2 Å². The summed E-state index contributed by atoms with van der Waals surface area (Å²) < 4.78 is 57.5. The summed E-state index contributed by atoms with van der Waals surface area (Å²) in [5.74, 6) is 0. The number of halogens is 3. The van der Waals surface area contributed by atoms with E-state index in [1.165, 1.54) is 0 Å². The van der Waals surface area contributed by atoms with Crippen molar-refractivity contribution in [3.63, 3.8) is 0 Å². The minimum absolute atomic E-state index is 0. The van der Waals surface area contributed by atoms with Crippen LogP contribution in [0, 0.1) is 0 Å². The van der Waals surface area contributed by atoms with Crippen molar-refractivity contribution >= 4 is 98.8 Å². The third-order valence-corrected chi connectivity index (χ3v) is 0.877. The van der Waals surface area contributed by atoms with E-state index in [9.17, 15) is 13.2 Å². The van der Waals surface area contributed by atoms with Gasteiger partial charge in [-0.1, -0.05) is 0 Å². The molecule has 0 aromatic carbocycles. The summed E-state index contributed by atoms with van der Waals surface area (Å²) in [6.07, 6.45) is 0. The topological polar surface area (TPSA) is 54.4 Å². The molecule has 0 rings (SSSR count). The van der Waals surface area contributed by atoms with Crippen LogP contribution < -0.4 is 0 Å². The van der Waals surface area contributed by atoms with Crippen molar-refractivity contribution in [1.29, 1.82) is 0 Å². The van der Waals surface area contributed by atoms with Gasteiger partial charge < -0.3 is 0 Å². The molecule has 0 aliphatic carbocycles. The molecule has 0 aromatic rings. The van der Waals surface area contributed by atoms with Gasteiger partial charge in [-0.05, 0) is 0 Å². The van der Waals surface area contributed by atoms with Gasteiger partial charge in [-0.3, -0.25) is 4.55 Å². The van der Waals surface area contributed by atoms with E-state index in [1.54, 1.807) is 0 Å². The van der Waals surface area contributed by atoms with Gasteiger partial charge in [0.25, 0.3) is 0 Å². The Morgan fingerprint density at radius 1 is 1.00 bits per heavy atom. The third-order valence-electron chi connectivity index (χ3n) is 0.292. The maximum absolute atomic E-state index is 10.7. The quantitative estimate of drug-likeness (QED) is 0.331. The Kier molecular flexibility index (Phi) is 17.2. The molecule has 0 fully saturated rings. The van der Waals surface area contributed by atoms with Gasteiger partial charge in [-0.15, -0.1) is 0 Å². The first kappa shape index (κ1) is 23.5. The van der Waals surface area contributed by atoms with Crippen molar-refractivity contribution in [1.82, 2.24) is 0 Å². The molecule has 0 aromatic heterocycles. The minimum atomic E-state index is -5.84. The first-order chi connectivity index (χ1) is 3.25. The Balaban J connectivity index is -0.0000000817. The van der Waals surface area contributed by atoms with Gasteiger partial charge >= 0.3 is 15.6 Å². The molecule has 1 N–H and O–H groups in total. The van der Waals surface area contributed by atoms with Gasteiger partial charge in [0.1, 0.15) is 0 Å². The van der Waals surface area contributed by atoms with Crippen molar-refractivity contribution in [3.8, 4) is 0 Å². The van der Waals surface area contributed by atoms with E-state index in [1.807, 2.05) is 0 Å². The van der Waals surface area contributed by atoms with Crippen LogP contribution in [0.25, 0.3) is 0 Å². The van der Waals surface area contributed by atoms with Gasteiger partial charge in [0.15, 0.2) is 0 Å². The Bertz CT molecular complexity index is 173. The molecular formula is CHF3Na3O3S. The zero-order chi connectivity index (χ0) is 7.00. The Morgan fingerprint density at radius 3 is 1.09 bits per heavy atom. The van der Waals surface area contributed by atoms with Crippen molar-refractivity contribution in [2.24, 2.45) is 0 Å². The van der Waals surface area contributed by atoms with Crippen LogP contribution in [0.5, 0.6) is 0 Å². The molecular weight excluding hydrogens is 218 g/mol. The molecule has 10 heteroatoms. The molecule has 3 nitrogen and oxygen atoms in total. The van der Waals surface area contributed by atoms with Crippen LogP contribution in [0.15, 0.2) is 0 Å². The molecule has 0 atom stereocenters. The van der Waals surface area contributed by atoms with Gasteiger partial charge in [-0.2, -0.15) is 21.6 Å². The zero-order valence-electron chi connectivity index (χ0n) is 6.31. The predicted molar refractivity (Wildman–Crippen MR) is 34.9 cm³/mol. The molecule has 53 valence electrons. The SMILES string of the molecule is O=S(=O)(O)C(F)(F)F.[Na].[Na].[Na]. The smallest absolute Gasteiger partial charge is 0.279 e. The number of hydrogen-bond acceptors (Lipinski definition) is 2. The maximum atomic E-state index is 10.7. The summed E-state index contributed by atoms with van der Waals surface area (Å²) in [6, 6.07) is 0. The fraction of sp³-hybridized carbons (Fsp3) is 1.00. The number of alkyl halides is 3. The second-order valence-electron chi connectivity index (χ2n) is 0.921. The standard InChI is InChI=1S/CHF3O3S.3Na/c2-1(3,4)8(5,6)7;;;/h(H,5,6,7);;;. The molecule has 0 heterocycles. The van der Waals surface area contributed by atoms with Crippen molar-refractivity contribution < 1.29 is 26.1 Å². The minimum Gasteiger partial charge on any atom is -0.279 e. The van der Waals surface area contributed by atoms with Gasteiger partial charge in [-0.25, -0.2) is 0 Å². The van der Waals surface area contributed by atoms with E-state index in [0.29, 0.717) is 0 Å². The fourth-order valence-corrected chi connectivity index (χ4v) is 0. The van der Waals surface area contributed by atoms with E-state index >= 15 is 0 Å². The summed E-state index contributed by atoms with van der Waals surface area (Å²) in [7, 11) is -5.84. The van der Waals surface area contributed by atoms with Gasteiger partial charge in [0.05, 0.1) is 0 Å². The molecule has 3 radical (unpaired) electrons. The second kappa shape index (κ2) is 8.05. The molecule has 11 heavy (non-hydrogen) atoms. The Hall–Kier alpha value is 2.70. The summed E-state index contributed by atoms with van der Waals surface area (Å²) in [4.78, 5) is 0. The maximum Gasteiger partial charge on any atom is 0.522 e. The molecule has 0 aliphatic heterocycles. The summed E-state index contributed by atoms with van der Waals surface area (Å²) in [6.45, 7) is 0. The zero-order valence-corrected chi connectivity index (χ0v) is 13.1. The van der Waals surface area contributed by atoms with Crippen LogP contribution in [-0.2, 0) is 10.1 Å². The molecule has 0 saturated carbocycles. The van der Waals surface area contributed by atoms with E-state index in [4.69, 9.17) is 13.0 Å². The largest absolute Gasteiger partial charge is 0.522 e. The summed E-state index contributed by atoms with van der Waals surface area (Å²) in [5.41, 5.74) is -5.53. The fourth-order valence-electron chi connectivity index (χ4n) is 0. The van der Waals surface area contributed by atoms with Crippen LogP contribution in [0.3, 0.4) is 0 Å². The van der Waals surface area contributed by atoms with E-state index in [0.717, 1.165) is 0 Å². The predicted octanol–water partition coefficient (Wildman–Crippen LogP) is -0.748. The van der Waals surface area contributed by atoms with Crippen molar-refractivity contribution in [3.05, 3.63) is 0 Å². The molecule has 0 aliphatic rings. The van der Waals surface area contributed by atoms with Crippen molar-refractivity contribution in [2.45, 2.75) is 5.51 Å². The van der Waals surface area contributed by atoms with Crippen LogP contribution in [0.2, 0.25) is 0 Å². The monoisotopic (exact) mass is 219 g/mol. The first-order valence-corrected chi connectivity index (χ1v) is 2.73. The van der Waals surface area contributed by atoms with Crippen LogP contribution in [-0.4, -0.2) is 107 Å². The van der Waals surface area contributed by atoms with Gasteiger partial charge in [0, 0.05) is 88.7 Å². The number of hydrogen-bond donors (Lipinski definition) is 1. The molecule has 0 amide bonds. The van der Waals surface area contributed by atoms with Crippen LogP contribution in [0.1, 0.15) is 0 Å². The first-order valence-electron chi connectivity index (χ1n) is 1.29. The Morgan fingerprint density at radius 2 is 1.09 bits per heavy atom. The molecule has 0 spiro atoms. The number of rotatable bonds is 0.